The van der Waals surface area contributed by atoms with Crippen molar-refractivity contribution >= 4 is 17.3 Å². The fourth-order valence-electron chi connectivity index (χ4n) is 2.66. The summed E-state index contributed by atoms with van der Waals surface area (Å²) in [4.78, 5) is 12.2. The molecule has 0 radical (unpaired) electrons. The van der Waals surface area contributed by atoms with Crippen LogP contribution in [0.3, 0.4) is 0 Å². The first-order valence-electron chi connectivity index (χ1n) is 8.53. The molecule has 0 aromatic heterocycles. The Kier molecular flexibility index (Phi) is 5.64. The largest absolute Gasteiger partial charge is 0.381 e. The fourth-order valence-corrected chi connectivity index (χ4v) is 2.66. The number of anilines is 2. The average molecular weight is 348 g/mol. The van der Waals surface area contributed by atoms with E-state index in [0.717, 1.165) is 28.1 Å². The zero-order chi connectivity index (χ0) is 18.4. The van der Waals surface area contributed by atoms with Gasteiger partial charge in [-0.2, -0.15) is 0 Å². The van der Waals surface area contributed by atoms with Crippen LogP contribution in [-0.2, 0) is 17.8 Å². The van der Waals surface area contributed by atoms with E-state index in [4.69, 9.17) is 0 Å². The third-order valence-corrected chi connectivity index (χ3v) is 4.19. The molecule has 0 aliphatic rings. The van der Waals surface area contributed by atoms with E-state index in [9.17, 15) is 9.18 Å². The van der Waals surface area contributed by atoms with Gasteiger partial charge in [0.15, 0.2) is 0 Å². The van der Waals surface area contributed by atoms with Crippen LogP contribution in [0.4, 0.5) is 15.8 Å². The monoisotopic (exact) mass is 348 g/mol. The Balaban J connectivity index is 1.53. The van der Waals surface area contributed by atoms with Gasteiger partial charge >= 0.3 is 0 Å². The molecule has 0 bridgehead atoms. The Hall–Kier alpha value is -3.14. The molecule has 0 fully saturated rings. The minimum Gasteiger partial charge on any atom is -0.381 e. The van der Waals surface area contributed by atoms with Crippen molar-refractivity contribution in [3.63, 3.8) is 0 Å². The molecule has 3 aromatic rings. The van der Waals surface area contributed by atoms with Crippen molar-refractivity contribution < 1.29 is 9.18 Å². The number of hydrogen-bond donors (Lipinski definition) is 2. The number of carbonyl (C=O) groups is 1. The second kappa shape index (κ2) is 8.30. The number of benzene rings is 3. The molecule has 2 N–H and O–H groups in total. The van der Waals surface area contributed by atoms with Crippen molar-refractivity contribution in [2.24, 2.45) is 0 Å². The molecule has 3 rings (SSSR count). The summed E-state index contributed by atoms with van der Waals surface area (Å²) in [5.74, 6) is -0.272. The van der Waals surface area contributed by atoms with E-state index in [1.807, 2.05) is 55.5 Å². The number of amides is 1. The molecule has 0 aliphatic carbocycles. The van der Waals surface area contributed by atoms with Gasteiger partial charge in [0.25, 0.3) is 0 Å². The van der Waals surface area contributed by atoms with Crippen molar-refractivity contribution in [1.82, 2.24) is 0 Å². The number of aryl methyl sites for hydroxylation is 1. The Morgan fingerprint density at radius 1 is 0.885 bits per heavy atom. The third kappa shape index (κ3) is 4.93. The van der Waals surface area contributed by atoms with Gasteiger partial charge in [-0.25, -0.2) is 4.39 Å². The summed E-state index contributed by atoms with van der Waals surface area (Å²) < 4.78 is 12.9. The maximum Gasteiger partial charge on any atom is 0.228 e. The van der Waals surface area contributed by atoms with Gasteiger partial charge in [-0.15, -0.1) is 0 Å². The molecule has 3 aromatic carbocycles. The van der Waals surface area contributed by atoms with Crippen molar-refractivity contribution in [1.29, 1.82) is 0 Å². The number of halogens is 1. The Bertz CT molecular complexity index is 873. The van der Waals surface area contributed by atoms with Crippen LogP contribution in [0.1, 0.15) is 16.7 Å². The summed E-state index contributed by atoms with van der Waals surface area (Å²) in [5, 5.41) is 6.19. The molecular formula is C22H21FN2O. The van der Waals surface area contributed by atoms with E-state index in [1.165, 1.54) is 12.1 Å². The van der Waals surface area contributed by atoms with E-state index in [1.54, 1.807) is 12.1 Å². The normalized spacial score (nSPS) is 10.4. The highest BCUT2D eigenvalue weighted by atomic mass is 19.1. The quantitative estimate of drug-likeness (QED) is 0.663. The van der Waals surface area contributed by atoms with Crippen LogP contribution in [-0.4, -0.2) is 5.91 Å². The second-order valence-electron chi connectivity index (χ2n) is 6.21. The summed E-state index contributed by atoms with van der Waals surface area (Å²) in [7, 11) is 0. The Morgan fingerprint density at radius 2 is 1.54 bits per heavy atom. The second-order valence-corrected chi connectivity index (χ2v) is 6.21. The minimum absolute atomic E-state index is 0.0358. The van der Waals surface area contributed by atoms with E-state index in [2.05, 4.69) is 10.6 Å². The predicted molar refractivity (Wildman–Crippen MR) is 104 cm³/mol. The lowest BCUT2D eigenvalue weighted by atomic mass is 10.1. The summed E-state index contributed by atoms with van der Waals surface area (Å²) >= 11 is 0. The van der Waals surface area contributed by atoms with Gasteiger partial charge in [-0.05, 0) is 60.0 Å². The topological polar surface area (TPSA) is 41.1 Å². The van der Waals surface area contributed by atoms with Gasteiger partial charge in [-0.1, -0.05) is 36.4 Å². The molecule has 0 spiro atoms. The van der Waals surface area contributed by atoms with Crippen molar-refractivity contribution in [2.75, 3.05) is 10.6 Å². The number of carbonyl (C=O) groups excluding carboxylic acids is 1. The van der Waals surface area contributed by atoms with Gasteiger partial charge in [0.05, 0.1) is 6.42 Å². The molecule has 26 heavy (non-hydrogen) atoms. The average Bonchev–Trinajstić information content (AvgIpc) is 2.64. The van der Waals surface area contributed by atoms with E-state index < -0.39 is 0 Å². The van der Waals surface area contributed by atoms with Crippen LogP contribution in [0.25, 0.3) is 0 Å². The smallest absolute Gasteiger partial charge is 0.228 e. The van der Waals surface area contributed by atoms with Crippen molar-refractivity contribution in [3.05, 3.63) is 95.3 Å². The molecule has 3 nitrogen and oxygen atoms in total. The molecule has 1 amide bonds. The molecule has 4 heteroatoms. The van der Waals surface area contributed by atoms with Gasteiger partial charge in [0.2, 0.25) is 5.91 Å². The van der Waals surface area contributed by atoms with E-state index in [0.29, 0.717) is 13.0 Å². The standard InChI is InChI=1S/C22H21FN2O/c1-16-4-2-3-5-18(16)14-22(26)25-21-12-10-20(11-13-21)24-15-17-6-8-19(23)9-7-17/h2-13,24H,14-15H2,1H3,(H,25,26). The van der Waals surface area contributed by atoms with Gasteiger partial charge < -0.3 is 10.6 Å². The number of hydrogen-bond acceptors (Lipinski definition) is 2. The molecule has 132 valence electrons. The lowest BCUT2D eigenvalue weighted by molar-refractivity contribution is -0.115. The highest BCUT2D eigenvalue weighted by Gasteiger charge is 2.06. The van der Waals surface area contributed by atoms with Crippen LogP contribution in [0.15, 0.2) is 72.8 Å². The zero-order valence-corrected chi connectivity index (χ0v) is 14.6. The minimum atomic E-state index is -0.237. The van der Waals surface area contributed by atoms with Crippen LogP contribution in [0, 0.1) is 12.7 Å². The molecule has 0 saturated carbocycles. The first kappa shape index (κ1) is 17.7. The first-order chi connectivity index (χ1) is 12.6. The van der Waals surface area contributed by atoms with Crippen LogP contribution >= 0.6 is 0 Å². The van der Waals surface area contributed by atoms with Crippen LogP contribution in [0.2, 0.25) is 0 Å². The maximum absolute atomic E-state index is 12.9. The van der Waals surface area contributed by atoms with Crippen molar-refractivity contribution in [2.45, 2.75) is 19.9 Å². The molecule has 0 aliphatic heterocycles. The van der Waals surface area contributed by atoms with Gasteiger partial charge in [-0.3, -0.25) is 4.79 Å². The first-order valence-corrected chi connectivity index (χ1v) is 8.53. The zero-order valence-electron chi connectivity index (χ0n) is 14.6. The van der Waals surface area contributed by atoms with Crippen LogP contribution in [0.5, 0.6) is 0 Å². The van der Waals surface area contributed by atoms with E-state index in [-0.39, 0.29) is 11.7 Å². The summed E-state index contributed by atoms with van der Waals surface area (Å²) in [5.41, 5.74) is 4.84. The summed E-state index contributed by atoms with van der Waals surface area (Å²) in [6.45, 7) is 2.61. The molecular weight excluding hydrogens is 327 g/mol. The lowest BCUT2D eigenvalue weighted by Crippen LogP contribution is -2.15. The number of rotatable bonds is 6. The molecule has 0 atom stereocenters. The fraction of sp³-hybridized carbons (Fsp3) is 0.136. The Morgan fingerprint density at radius 3 is 2.23 bits per heavy atom. The van der Waals surface area contributed by atoms with Gasteiger partial charge in [0, 0.05) is 17.9 Å². The molecule has 0 saturated heterocycles. The SMILES string of the molecule is Cc1ccccc1CC(=O)Nc1ccc(NCc2ccc(F)cc2)cc1. The third-order valence-electron chi connectivity index (χ3n) is 4.19. The van der Waals surface area contributed by atoms with E-state index >= 15 is 0 Å². The van der Waals surface area contributed by atoms with Gasteiger partial charge in [0.1, 0.15) is 5.82 Å². The van der Waals surface area contributed by atoms with Crippen LogP contribution < -0.4 is 10.6 Å². The summed E-state index contributed by atoms with van der Waals surface area (Å²) in [6.07, 6.45) is 0.358. The highest BCUT2D eigenvalue weighted by Crippen LogP contribution is 2.16. The lowest BCUT2D eigenvalue weighted by Gasteiger charge is -2.10. The highest BCUT2D eigenvalue weighted by molar-refractivity contribution is 5.92. The number of nitrogens with one attached hydrogen (secondary N) is 2. The van der Waals surface area contributed by atoms with Crippen molar-refractivity contribution in [3.8, 4) is 0 Å². The molecule has 0 heterocycles. The summed E-state index contributed by atoms with van der Waals surface area (Å²) in [6, 6.07) is 21.8. The molecule has 0 unspecified atom stereocenters. The predicted octanol–water partition coefficient (Wildman–Crippen LogP) is 4.93. The maximum atomic E-state index is 12.9. The Labute approximate surface area is 152 Å².